The minimum absolute atomic E-state index is 0.215. The molecule has 0 aliphatic rings. The summed E-state index contributed by atoms with van der Waals surface area (Å²) >= 11 is 5.83. The number of hydrogen-bond donors (Lipinski definition) is 2. The van der Waals surface area contributed by atoms with E-state index in [9.17, 15) is 0 Å². The van der Waals surface area contributed by atoms with Crippen molar-refractivity contribution in [1.29, 1.82) is 0 Å². The Morgan fingerprint density at radius 1 is 1.41 bits per heavy atom. The summed E-state index contributed by atoms with van der Waals surface area (Å²) < 4.78 is 0. The van der Waals surface area contributed by atoms with Crippen LogP contribution in [-0.4, -0.2) is 28.5 Å². The second kappa shape index (κ2) is 6.47. The summed E-state index contributed by atoms with van der Waals surface area (Å²) in [6.07, 6.45) is 0. The molecule has 1 aromatic carbocycles. The van der Waals surface area contributed by atoms with Crippen molar-refractivity contribution in [2.75, 3.05) is 6.54 Å². The van der Waals surface area contributed by atoms with Crippen LogP contribution >= 0.6 is 11.6 Å². The average Bonchev–Trinajstić information content (AvgIpc) is 2.30. The molecule has 0 bridgehead atoms. The lowest BCUT2D eigenvalue weighted by atomic mass is 10.2. The zero-order valence-electron chi connectivity index (χ0n) is 10.1. The summed E-state index contributed by atoms with van der Waals surface area (Å²) in [5, 5.41) is 12.3. The van der Waals surface area contributed by atoms with Gasteiger partial charge in [-0.1, -0.05) is 28.9 Å². The maximum atomic E-state index is 8.59. The third-order valence-electron chi connectivity index (χ3n) is 2.52. The number of oxime groups is 1. The molecule has 5 heteroatoms. The lowest BCUT2D eigenvalue weighted by Crippen LogP contribution is -2.38. The first-order chi connectivity index (χ1) is 8.02. The van der Waals surface area contributed by atoms with Gasteiger partial charge in [-0.15, -0.1) is 0 Å². The van der Waals surface area contributed by atoms with Gasteiger partial charge in [0, 0.05) is 17.6 Å². The molecule has 0 fully saturated rings. The minimum atomic E-state index is 0.215. The Morgan fingerprint density at radius 3 is 2.47 bits per heavy atom. The van der Waals surface area contributed by atoms with Gasteiger partial charge < -0.3 is 10.9 Å². The molecule has 0 spiro atoms. The van der Waals surface area contributed by atoms with E-state index in [1.165, 1.54) is 0 Å². The number of nitrogens with zero attached hydrogens (tertiary/aromatic N) is 2. The van der Waals surface area contributed by atoms with Gasteiger partial charge in [0.1, 0.15) is 0 Å². The molecular weight excluding hydrogens is 238 g/mol. The van der Waals surface area contributed by atoms with E-state index >= 15 is 0 Å². The van der Waals surface area contributed by atoms with Crippen molar-refractivity contribution in [2.45, 2.75) is 26.4 Å². The molecule has 3 N–H and O–H groups in total. The molecular formula is C12H18ClN3O. The standard InChI is InChI=1S/C12H18ClN3O/c1-9(2)16(8-12(14)15-17)7-10-3-5-11(13)6-4-10/h3-6,9,17H,7-8H2,1-2H3,(H2,14,15). The molecule has 0 saturated carbocycles. The summed E-state index contributed by atoms with van der Waals surface area (Å²) in [4.78, 5) is 2.11. The highest BCUT2D eigenvalue weighted by Crippen LogP contribution is 2.12. The van der Waals surface area contributed by atoms with Crippen molar-refractivity contribution in [1.82, 2.24) is 4.90 Å². The van der Waals surface area contributed by atoms with E-state index in [1.54, 1.807) is 0 Å². The van der Waals surface area contributed by atoms with E-state index in [4.69, 9.17) is 22.5 Å². The summed E-state index contributed by atoms with van der Waals surface area (Å²) in [5.41, 5.74) is 6.67. The van der Waals surface area contributed by atoms with E-state index in [0.29, 0.717) is 12.6 Å². The molecule has 1 aromatic rings. The van der Waals surface area contributed by atoms with Crippen LogP contribution in [0.15, 0.2) is 29.4 Å². The highest BCUT2D eigenvalue weighted by Gasteiger charge is 2.11. The quantitative estimate of drug-likeness (QED) is 0.367. The van der Waals surface area contributed by atoms with Gasteiger partial charge in [0.25, 0.3) is 0 Å². The SMILES string of the molecule is CC(C)N(CC(N)=NO)Cc1ccc(Cl)cc1. The van der Waals surface area contributed by atoms with Crippen LogP contribution in [0.3, 0.4) is 0 Å². The normalized spacial score (nSPS) is 12.4. The molecule has 0 radical (unpaired) electrons. The lowest BCUT2D eigenvalue weighted by molar-refractivity contribution is 0.238. The molecule has 0 aromatic heterocycles. The van der Waals surface area contributed by atoms with Crippen molar-refractivity contribution < 1.29 is 5.21 Å². The predicted molar refractivity (Wildman–Crippen MR) is 70.4 cm³/mol. The Balaban J connectivity index is 2.70. The molecule has 1 rings (SSSR count). The van der Waals surface area contributed by atoms with Gasteiger partial charge in [-0.25, -0.2) is 0 Å². The fourth-order valence-electron chi connectivity index (χ4n) is 1.49. The van der Waals surface area contributed by atoms with Gasteiger partial charge in [-0.05, 0) is 31.5 Å². The third-order valence-corrected chi connectivity index (χ3v) is 2.77. The van der Waals surface area contributed by atoms with E-state index in [-0.39, 0.29) is 5.84 Å². The first kappa shape index (κ1) is 13.8. The summed E-state index contributed by atoms with van der Waals surface area (Å²) in [7, 11) is 0. The topological polar surface area (TPSA) is 61.8 Å². The smallest absolute Gasteiger partial charge is 0.153 e. The van der Waals surface area contributed by atoms with E-state index in [1.807, 2.05) is 24.3 Å². The first-order valence-corrected chi connectivity index (χ1v) is 5.85. The molecule has 0 amide bonds. The Morgan fingerprint density at radius 2 is 2.00 bits per heavy atom. The number of rotatable bonds is 5. The van der Waals surface area contributed by atoms with Crippen molar-refractivity contribution in [3.05, 3.63) is 34.9 Å². The van der Waals surface area contributed by atoms with Crippen LogP contribution in [0.5, 0.6) is 0 Å². The maximum absolute atomic E-state index is 8.59. The fraction of sp³-hybridized carbons (Fsp3) is 0.417. The first-order valence-electron chi connectivity index (χ1n) is 5.48. The van der Waals surface area contributed by atoms with Crippen LogP contribution < -0.4 is 5.73 Å². The van der Waals surface area contributed by atoms with Crippen molar-refractivity contribution in [3.63, 3.8) is 0 Å². The van der Waals surface area contributed by atoms with Crippen LogP contribution in [0.1, 0.15) is 19.4 Å². The predicted octanol–water partition coefficient (Wildman–Crippen LogP) is 2.30. The zero-order valence-corrected chi connectivity index (χ0v) is 10.9. The average molecular weight is 256 g/mol. The highest BCUT2D eigenvalue weighted by molar-refractivity contribution is 6.30. The summed E-state index contributed by atoms with van der Waals surface area (Å²) in [5.74, 6) is 0.215. The molecule has 0 aliphatic heterocycles. The van der Waals surface area contributed by atoms with E-state index < -0.39 is 0 Å². The minimum Gasteiger partial charge on any atom is -0.409 e. The number of amidine groups is 1. The van der Waals surface area contributed by atoms with Gasteiger partial charge in [0.2, 0.25) is 0 Å². The van der Waals surface area contributed by atoms with Crippen molar-refractivity contribution >= 4 is 17.4 Å². The Kier molecular flexibility index (Phi) is 5.25. The van der Waals surface area contributed by atoms with Crippen LogP contribution in [0.2, 0.25) is 5.02 Å². The lowest BCUT2D eigenvalue weighted by Gasteiger charge is -2.25. The second-order valence-corrected chi connectivity index (χ2v) is 4.65. The van der Waals surface area contributed by atoms with Crippen molar-refractivity contribution in [3.8, 4) is 0 Å². The van der Waals surface area contributed by atoms with Gasteiger partial charge in [0.05, 0.1) is 6.54 Å². The number of benzene rings is 1. The molecule has 94 valence electrons. The fourth-order valence-corrected chi connectivity index (χ4v) is 1.61. The second-order valence-electron chi connectivity index (χ2n) is 4.22. The van der Waals surface area contributed by atoms with Crippen LogP contribution in [0.4, 0.5) is 0 Å². The summed E-state index contributed by atoms with van der Waals surface area (Å²) in [6, 6.07) is 7.98. The van der Waals surface area contributed by atoms with Gasteiger partial charge in [-0.2, -0.15) is 0 Å². The van der Waals surface area contributed by atoms with Crippen LogP contribution in [0.25, 0.3) is 0 Å². The van der Waals surface area contributed by atoms with Gasteiger partial charge in [-0.3, -0.25) is 4.90 Å². The molecule has 4 nitrogen and oxygen atoms in total. The Labute approximate surface area is 107 Å². The number of halogens is 1. The van der Waals surface area contributed by atoms with Crippen LogP contribution in [-0.2, 0) is 6.54 Å². The van der Waals surface area contributed by atoms with E-state index in [0.717, 1.165) is 17.1 Å². The molecule has 0 saturated heterocycles. The van der Waals surface area contributed by atoms with Crippen LogP contribution in [0, 0.1) is 0 Å². The molecule has 0 aliphatic carbocycles. The Hall–Kier alpha value is -1.26. The molecule has 17 heavy (non-hydrogen) atoms. The Bertz CT molecular complexity index is 376. The highest BCUT2D eigenvalue weighted by atomic mass is 35.5. The van der Waals surface area contributed by atoms with Crippen molar-refractivity contribution in [2.24, 2.45) is 10.9 Å². The number of nitrogens with two attached hydrogens (primary N) is 1. The van der Waals surface area contributed by atoms with Gasteiger partial charge in [0.15, 0.2) is 5.84 Å². The molecule has 0 unspecified atom stereocenters. The summed E-state index contributed by atoms with van der Waals surface area (Å²) in [6.45, 7) is 5.32. The van der Waals surface area contributed by atoms with E-state index in [2.05, 4.69) is 23.9 Å². The number of hydrogen-bond acceptors (Lipinski definition) is 3. The largest absolute Gasteiger partial charge is 0.409 e. The monoisotopic (exact) mass is 255 g/mol. The maximum Gasteiger partial charge on any atom is 0.153 e. The molecule has 0 heterocycles. The van der Waals surface area contributed by atoms with Gasteiger partial charge >= 0.3 is 0 Å². The third kappa shape index (κ3) is 4.63. The zero-order chi connectivity index (χ0) is 12.8. The molecule has 0 atom stereocenters.